The van der Waals surface area contributed by atoms with Gasteiger partial charge < -0.3 is 4.42 Å². The van der Waals surface area contributed by atoms with Crippen LogP contribution in [0.5, 0.6) is 0 Å². The summed E-state index contributed by atoms with van der Waals surface area (Å²) in [7, 11) is -3.92. The number of furan rings is 1. The van der Waals surface area contributed by atoms with Gasteiger partial charge in [-0.3, -0.25) is 4.18 Å². The Hall–Kier alpha value is -0.560. The fourth-order valence-corrected chi connectivity index (χ4v) is 1.01. The van der Waals surface area contributed by atoms with E-state index in [-0.39, 0.29) is 11.8 Å². The van der Waals surface area contributed by atoms with Crippen LogP contribution in [0.2, 0.25) is 5.22 Å². The summed E-state index contributed by atoms with van der Waals surface area (Å²) in [5.41, 5.74) is 0. The summed E-state index contributed by atoms with van der Waals surface area (Å²) in [6.07, 6.45) is 0. The number of halogens is 1. The Balaban J connectivity index is 2.55. The highest BCUT2D eigenvalue weighted by atomic mass is 35.5. The lowest BCUT2D eigenvalue weighted by Gasteiger charge is -1.95. The van der Waals surface area contributed by atoms with Crippen molar-refractivity contribution in [3.05, 3.63) is 23.1 Å². The SMILES string of the molecule is NS(=O)(=O)OCc1ccc(Cl)o1. The van der Waals surface area contributed by atoms with E-state index in [0.29, 0.717) is 5.76 Å². The van der Waals surface area contributed by atoms with Gasteiger partial charge in [0.05, 0.1) is 0 Å². The van der Waals surface area contributed by atoms with Gasteiger partial charge in [-0.25, -0.2) is 5.14 Å². The molecule has 12 heavy (non-hydrogen) atoms. The van der Waals surface area contributed by atoms with Crippen LogP contribution in [0.4, 0.5) is 0 Å². The predicted octanol–water partition coefficient (Wildman–Crippen LogP) is 0.653. The Morgan fingerprint density at radius 2 is 2.25 bits per heavy atom. The first-order valence-electron chi connectivity index (χ1n) is 2.89. The van der Waals surface area contributed by atoms with Gasteiger partial charge in [0.2, 0.25) is 0 Å². The van der Waals surface area contributed by atoms with Crippen molar-refractivity contribution >= 4 is 21.9 Å². The first kappa shape index (κ1) is 9.53. The third-order valence-corrected chi connectivity index (χ3v) is 1.64. The maximum Gasteiger partial charge on any atom is 0.333 e. The first-order valence-corrected chi connectivity index (χ1v) is 4.74. The summed E-state index contributed by atoms with van der Waals surface area (Å²) in [5.74, 6) is 0.300. The van der Waals surface area contributed by atoms with Gasteiger partial charge in [0.25, 0.3) is 0 Å². The van der Waals surface area contributed by atoms with Crippen LogP contribution >= 0.6 is 11.6 Å². The van der Waals surface area contributed by atoms with Gasteiger partial charge in [0.15, 0.2) is 5.22 Å². The molecular formula is C5H6ClNO4S. The van der Waals surface area contributed by atoms with E-state index in [9.17, 15) is 8.42 Å². The lowest BCUT2D eigenvalue weighted by molar-refractivity contribution is 0.275. The van der Waals surface area contributed by atoms with Crippen molar-refractivity contribution in [1.29, 1.82) is 0 Å². The molecule has 0 amide bonds. The Labute approximate surface area is 74.3 Å². The van der Waals surface area contributed by atoms with Crippen molar-refractivity contribution in [2.45, 2.75) is 6.61 Å². The molecule has 7 heteroatoms. The molecule has 0 radical (unpaired) electrons. The molecule has 0 aliphatic rings. The second-order valence-electron chi connectivity index (χ2n) is 1.96. The Morgan fingerprint density at radius 3 is 2.67 bits per heavy atom. The normalized spacial score (nSPS) is 11.8. The zero-order valence-electron chi connectivity index (χ0n) is 5.86. The average molecular weight is 212 g/mol. The van der Waals surface area contributed by atoms with Crippen LogP contribution in [0.25, 0.3) is 0 Å². The smallest absolute Gasteiger partial charge is 0.333 e. The molecule has 0 fully saturated rings. The summed E-state index contributed by atoms with van der Waals surface area (Å²) < 4.78 is 29.6. The van der Waals surface area contributed by atoms with E-state index in [1.165, 1.54) is 12.1 Å². The maximum atomic E-state index is 10.3. The van der Waals surface area contributed by atoms with E-state index in [4.69, 9.17) is 16.0 Å². The van der Waals surface area contributed by atoms with E-state index >= 15 is 0 Å². The van der Waals surface area contributed by atoms with Crippen molar-refractivity contribution in [3.63, 3.8) is 0 Å². The summed E-state index contributed by atoms with van der Waals surface area (Å²) in [5, 5.41) is 4.73. The molecule has 1 aromatic rings. The Kier molecular flexibility index (Phi) is 2.73. The predicted molar refractivity (Wildman–Crippen MR) is 41.6 cm³/mol. The van der Waals surface area contributed by atoms with Gasteiger partial charge in [-0.2, -0.15) is 8.42 Å². The summed E-state index contributed by atoms with van der Waals surface area (Å²) in [6, 6.07) is 2.97. The highest BCUT2D eigenvalue weighted by Gasteiger charge is 2.05. The van der Waals surface area contributed by atoms with Crippen LogP contribution in [0.1, 0.15) is 5.76 Å². The van der Waals surface area contributed by atoms with E-state index in [0.717, 1.165) is 0 Å². The largest absolute Gasteiger partial charge is 0.447 e. The van der Waals surface area contributed by atoms with Crippen molar-refractivity contribution in [3.8, 4) is 0 Å². The fraction of sp³-hybridized carbons (Fsp3) is 0.200. The maximum absolute atomic E-state index is 10.3. The minimum absolute atomic E-state index is 0.169. The molecule has 0 saturated carbocycles. The Morgan fingerprint density at radius 1 is 1.58 bits per heavy atom. The van der Waals surface area contributed by atoms with Crippen LogP contribution in [0, 0.1) is 0 Å². The molecule has 1 heterocycles. The molecule has 0 saturated heterocycles. The van der Waals surface area contributed by atoms with Crippen molar-refractivity contribution in [1.82, 2.24) is 0 Å². The zero-order valence-corrected chi connectivity index (χ0v) is 7.43. The third kappa shape index (κ3) is 3.22. The minimum atomic E-state index is -3.92. The summed E-state index contributed by atoms with van der Waals surface area (Å²) >= 11 is 5.41. The van der Waals surface area contributed by atoms with Crippen molar-refractivity contribution in [2.75, 3.05) is 0 Å². The van der Waals surface area contributed by atoms with Gasteiger partial charge in [-0.15, -0.1) is 0 Å². The minimum Gasteiger partial charge on any atom is -0.447 e. The fourth-order valence-electron chi connectivity index (χ4n) is 0.570. The molecule has 0 bridgehead atoms. The molecule has 0 aliphatic heterocycles. The topological polar surface area (TPSA) is 82.5 Å². The molecule has 1 rings (SSSR count). The Bertz CT molecular complexity index is 357. The summed E-state index contributed by atoms with van der Waals surface area (Å²) in [6.45, 7) is -0.244. The van der Waals surface area contributed by atoms with Crippen molar-refractivity contribution < 1.29 is 17.0 Å². The molecule has 0 atom stereocenters. The van der Waals surface area contributed by atoms with E-state index in [1.807, 2.05) is 0 Å². The first-order chi connectivity index (χ1) is 5.47. The molecular weight excluding hydrogens is 206 g/mol. The van der Waals surface area contributed by atoms with Crippen LogP contribution in [0.15, 0.2) is 16.5 Å². The highest BCUT2D eigenvalue weighted by molar-refractivity contribution is 7.84. The van der Waals surface area contributed by atoms with Crippen LogP contribution in [-0.4, -0.2) is 8.42 Å². The molecule has 0 aromatic carbocycles. The zero-order chi connectivity index (χ0) is 9.19. The number of hydrogen-bond donors (Lipinski definition) is 1. The molecule has 0 spiro atoms. The van der Waals surface area contributed by atoms with E-state index < -0.39 is 10.3 Å². The second-order valence-corrected chi connectivity index (χ2v) is 3.55. The second kappa shape index (κ2) is 3.44. The van der Waals surface area contributed by atoms with E-state index in [1.54, 1.807) is 0 Å². The van der Waals surface area contributed by atoms with E-state index in [2.05, 4.69) is 9.32 Å². The van der Waals surface area contributed by atoms with Crippen LogP contribution in [-0.2, 0) is 21.1 Å². The molecule has 2 N–H and O–H groups in total. The molecule has 0 unspecified atom stereocenters. The van der Waals surface area contributed by atoms with Gasteiger partial charge in [0.1, 0.15) is 12.4 Å². The molecule has 1 aromatic heterocycles. The van der Waals surface area contributed by atoms with Crippen molar-refractivity contribution in [2.24, 2.45) is 5.14 Å². The van der Waals surface area contributed by atoms with Gasteiger partial charge >= 0.3 is 10.3 Å². The third-order valence-electron chi connectivity index (χ3n) is 0.994. The number of nitrogens with two attached hydrogens (primary N) is 1. The van der Waals surface area contributed by atoms with Gasteiger partial charge in [-0.05, 0) is 23.7 Å². The standard InChI is InChI=1S/C5H6ClNO4S/c6-5-2-1-4(11-5)3-10-12(7,8)9/h1-2H,3H2,(H2,7,8,9). The number of rotatable bonds is 3. The van der Waals surface area contributed by atoms with Gasteiger partial charge in [-0.1, -0.05) is 0 Å². The van der Waals surface area contributed by atoms with Crippen LogP contribution in [0.3, 0.4) is 0 Å². The van der Waals surface area contributed by atoms with Crippen LogP contribution < -0.4 is 5.14 Å². The lowest BCUT2D eigenvalue weighted by atomic mass is 10.5. The molecule has 5 nitrogen and oxygen atoms in total. The molecule has 68 valence electrons. The monoisotopic (exact) mass is 211 g/mol. The quantitative estimate of drug-likeness (QED) is 0.796. The molecule has 0 aliphatic carbocycles. The summed E-state index contributed by atoms with van der Waals surface area (Å²) in [4.78, 5) is 0. The average Bonchev–Trinajstić information content (AvgIpc) is 2.30. The lowest BCUT2D eigenvalue weighted by Crippen LogP contribution is -2.15. The van der Waals surface area contributed by atoms with Gasteiger partial charge in [0, 0.05) is 0 Å². The highest BCUT2D eigenvalue weighted by Crippen LogP contribution is 2.13. The number of hydrogen-bond acceptors (Lipinski definition) is 4.